The summed E-state index contributed by atoms with van der Waals surface area (Å²) in [7, 11) is 0. The fourth-order valence-electron chi connectivity index (χ4n) is 2.10. The molecule has 1 heterocycles. The second-order valence-corrected chi connectivity index (χ2v) is 6.13. The average Bonchev–Trinajstić information content (AvgIpc) is 3.00. The third-order valence-electron chi connectivity index (χ3n) is 3.57. The quantitative estimate of drug-likeness (QED) is 0.719. The predicted octanol–water partition coefficient (Wildman–Crippen LogP) is 4.91. The standard InChI is InChI=1S/C17H13Cl2N3O2/c1-9-3-4-11(7-10(9)2)15(23)20-17-22-21-16(24-17)13-8-12(18)5-6-14(13)19/h3-8H,1-2H3,(H,20,22,23). The smallest absolute Gasteiger partial charge is 0.322 e. The summed E-state index contributed by atoms with van der Waals surface area (Å²) in [6.45, 7) is 3.92. The second-order valence-electron chi connectivity index (χ2n) is 5.29. The molecule has 122 valence electrons. The number of rotatable bonds is 3. The van der Waals surface area contributed by atoms with Crippen LogP contribution in [0.15, 0.2) is 40.8 Å². The minimum absolute atomic E-state index is 0.00993. The summed E-state index contributed by atoms with van der Waals surface area (Å²) in [4.78, 5) is 12.3. The second kappa shape index (κ2) is 6.63. The van der Waals surface area contributed by atoms with Crippen molar-refractivity contribution < 1.29 is 9.21 Å². The molecule has 1 N–H and O–H groups in total. The Morgan fingerprint density at radius 1 is 1.04 bits per heavy atom. The highest BCUT2D eigenvalue weighted by Gasteiger charge is 2.15. The van der Waals surface area contributed by atoms with Gasteiger partial charge in [-0.25, -0.2) is 0 Å². The van der Waals surface area contributed by atoms with Crippen molar-refractivity contribution >= 4 is 35.1 Å². The number of benzene rings is 2. The Hall–Kier alpha value is -2.37. The van der Waals surface area contributed by atoms with Crippen LogP contribution in [0.2, 0.25) is 10.0 Å². The van der Waals surface area contributed by atoms with Crippen molar-refractivity contribution in [2.45, 2.75) is 13.8 Å². The Bertz CT molecular complexity index is 922. The highest BCUT2D eigenvalue weighted by molar-refractivity contribution is 6.35. The van der Waals surface area contributed by atoms with Crippen molar-refractivity contribution in [2.75, 3.05) is 5.32 Å². The van der Waals surface area contributed by atoms with Gasteiger partial charge in [-0.1, -0.05) is 34.4 Å². The van der Waals surface area contributed by atoms with Crippen LogP contribution < -0.4 is 5.32 Å². The lowest BCUT2D eigenvalue weighted by molar-refractivity contribution is 0.102. The predicted molar refractivity (Wildman–Crippen MR) is 93.6 cm³/mol. The number of hydrogen-bond acceptors (Lipinski definition) is 4. The van der Waals surface area contributed by atoms with Gasteiger partial charge in [-0.3, -0.25) is 10.1 Å². The van der Waals surface area contributed by atoms with E-state index in [-0.39, 0.29) is 17.8 Å². The van der Waals surface area contributed by atoms with Gasteiger partial charge in [0.25, 0.3) is 11.8 Å². The van der Waals surface area contributed by atoms with Gasteiger partial charge in [0, 0.05) is 10.6 Å². The lowest BCUT2D eigenvalue weighted by Gasteiger charge is -2.04. The number of nitrogens with one attached hydrogen (secondary N) is 1. The summed E-state index contributed by atoms with van der Waals surface area (Å²) in [5.74, 6) is -0.150. The van der Waals surface area contributed by atoms with Gasteiger partial charge >= 0.3 is 6.01 Å². The molecular formula is C17H13Cl2N3O2. The van der Waals surface area contributed by atoms with Gasteiger partial charge in [-0.05, 0) is 55.3 Å². The molecule has 1 amide bonds. The third kappa shape index (κ3) is 3.42. The number of hydrogen-bond donors (Lipinski definition) is 1. The van der Waals surface area contributed by atoms with E-state index in [1.807, 2.05) is 19.9 Å². The monoisotopic (exact) mass is 361 g/mol. The summed E-state index contributed by atoms with van der Waals surface area (Å²) in [5, 5.41) is 11.2. The first-order valence-electron chi connectivity index (χ1n) is 7.11. The molecular weight excluding hydrogens is 349 g/mol. The van der Waals surface area contributed by atoms with E-state index in [0.29, 0.717) is 21.2 Å². The van der Waals surface area contributed by atoms with Crippen LogP contribution in [-0.4, -0.2) is 16.1 Å². The van der Waals surface area contributed by atoms with Crippen LogP contribution >= 0.6 is 23.2 Å². The minimum Gasteiger partial charge on any atom is -0.403 e. The van der Waals surface area contributed by atoms with E-state index in [4.69, 9.17) is 27.6 Å². The summed E-state index contributed by atoms with van der Waals surface area (Å²) in [5.41, 5.74) is 3.16. The number of carbonyl (C=O) groups excluding carboxylic acids is 1. The van der Waals surface area contributed by atoms with Crippen LogP contribution in [0.3, 0.4) is 0 Å². The Morgan fingerprint density at radius 3 is 2.58 bits per heavy atom. The fourth-order valence-corrected chi connectivity index (χ4v) is 2.47. The lowest BCUT2D eigenvalue weighted by atomic mass is 10.1. The Kier molecular flexibility index (Phi) is 4.55. The highest BCUT2D eigenvalue weighted by atomic mass is 35.5. The molecule has 0 aliphatic carbocycles. The summed E-state index contributed by atoms with van der Waals surface area (Å²) >= 11 is 12.0. The molecule has 0 unspecified atom stereocenters. The average molecular weight is 362 g/mol. The first-order chi connectivity index (χ1) is 11.4. The van der Waals surface area contributed by atoms with E-state index in [1.54, 1.807) is 30.3 Å². The van der Waals surface area contributed by atoms with Crippen molar-refractivity contribution in [2.24, 2.45) is 0 Å². The Balaban J connectivity index is 1.82. The van der Waals surface area contributed by atoms with Gasteiger partial charge in [-0.2, -0.15) is 0 Å². The van der Waals surface area contributed by atoms with E-state index in [2.05, 4.69) is 15.5 Å². The zero-order chi connectivity index (χ0) is 17.3. The molecule has 0 saturated heterocycles. The van der Waals surface area contributed by atoms with Crippen LogP contribution in [0, 0.1) is 13.8 Å². The molecule has 0 radical (unpaired) electrons. The van der Waals surface area contributed by atoms with Gasteiger partial charge in [-0.15, -0.1) is 5.10 Å². The number of carbonyl (C=O) groups is 1. The van der Waals surface area contributed by atoms with Crippen LogP contribution in [-0.2, 0) is 0 Å². The largest absolute Gasteiger partial charge is 0.403 e. The molecule has 0 aliphatic rings. The van der Waals surface area contributed by atoms with Crippen molar-refractivity contribution in [1.82, 2.24) is 10.2 Å². The molecule has 0 aliphatic heterocycles. The zero-order valence-corrected chi connectivity index (χ0v) is 14.4. The highest BCUT2D eigenvalue weighted by Crippen LogP contribution is 2.30. The minimum atomic E-state index is -0.328. The van der Waals surface area contributed by atoms with Gasteiger partial charge in [0.1, 0.15) is 0 Å². The van der Waals surface area contributed by atoms with Crippen LogP contribution in [0.4, 0.5) is 6.01 Å². The fraction of sp³-hybridized carbons (Fsp3) is 0.118. The maximum absolute atomic E-state index is 12.3. The van der Waals surface area contributed by atoms with Gasteiger partial charge in [0.2, 0.25) is 0 Å². The van der Waals surface area contributed by atoms with Crippen molar-refractivity contribution in [1.29, 1.82) is 0 Å². The molecule has 0 bridgehead atoms. The van der Waals surface area contributed by atoms with Crippen molar-refractivity contribution in [3.05, 3.63) is 63.1 Å². The Labute approximate surface area is 148 Å². The molecule has 24 heavy (non-hydrogen) atoms. The molecule has 0 spiro atoms. The van der Waals surface area contributed by atoms with E-state index < -0.39 is 0 Å². The molecule has 3 aromatic rings. The van der Waals surface area contributed by atoms with E-state index >= 15 is 0 Å². The van der Waals surface area contributed by atoms with Crippen molar-refractivity contribution in [3.63, 3.8) is 0 Å². The normalized spacial score (nSPS) is 10.7. The van der Waals surface area contributed by atoms with Crippen LogP contribution in [0.5, 0.6) is 0 Å². The first-order valence-corrected chi connectivity index (χ1v) is 7.87. The van der Waals surface area contributed by atoms with E-state index in [0.717, 1.165) is 11.1 Å². The molecule has 0 fully saturated rings. The zero-order valence-electron chi connectivity index (χ0n) is 12.9. The first kappa shape index (κ1) is 16.5. The molecule has 7 heteroatoms. The molecule has 3 rings (SSSR count). The SMILES string of the molecule is Cc1ccc(C(=O)Nc2nnc(-c3cc(Cl)ccc3Cl)o2)cc1C. The van der Waals surface area contributed by atoms with E-state index in [9.17, 15) is 4.79 Å². The number of halogens is 2. The Morgan fingerprint density at radius 2 is 1.83 bits per heavy atom. The maximum atomic E-state index is 12.3. The number of anilines is 1. The number of aryl methyl sites for hydroxylation is 2. The topological polar surface area (TPSA) is 68.0 Å². The molecule has 2 aromatic carbocycles. The number of aromatic nitrogens is 2. The molecule has 5 nitrogen and oxygen atoms in total. The summed E-state index contributed by atoms with van der Waals surface area (Å²) in [6, 6.07) is 10.3. The van der Waals surface area contributed by atoms with Gasteiger partial charge in [0.15, 0.2) is 0 Å². The van der Waals surface area contributed by atoms with Crippen LogP contribution in [0.25, 0.3) is 11.5 Å². The number of nitrogens with zero attached hydrogens (tertiary/aromatic N) is 2. The summed E-state index contributed by atoms with van der Waals surface area (Å²) in [6.07, 6.45) is 0. The maximum Gasteiger partial charge on any atom is 0.322 e. The molecule has 1 aromatic heterocycles. The third-order valence-corrected chi connectivity index (χ3v) is 4.14. The van der Waals surface area contributed by atoms with E-state index in [1.165, 1.54) is 0 Å². The molecule has 0 atom stereocenters. The summed E-state index contributed by atoms with van der Waals surface area (Å²) < 4.78 is 5.45. The van der Waals surface area contributed by atoms with Crippen molar-refractivity contribution in [3.8, 4) is 11.5 Å². The van der Waals surface area contributed by atoms with Gasteiger partial charge in [0.05, 0.1) is 10.6 Å². The lowest BCUT2D eigenvalue weighted by Crippen LogP contribution is -2.12. The van der Waals surface area contributed by atoms with Gasteiger partial charge < -0.3 is 4.42 Å². The molecule has 0 saturated carbocycles. The number of amides is 1. The van der Waals surface area contributed by atoms with Crippen LogP contribution in [0.1, 0.15) is 21.5 Å².